The summed E-state index contributed by atoms with van der Waals surface area (Å²) in [6.45, 7) is 9.82. The number of benzene rings is 1. The van der Waals surface area contributed by atoms with Crippen LogP contribution in [0.15, 0.2) is 24.3 Å². The van der Waals surface area contributed by atoms with Gasteiger partial charge in [0.25, 0.3) is 0 Å². The van der Waals surface area contributed by atoms with Gasteiger partial charge in [0.2, 0.25) is 5.91 Å². The van der Waals surface area contributed by atoms with Crippen LogP contribution in [0.25, 0.3) is 0 Å². The normalized spacial score (nSPS) is 12.3. The molecule has 1 rings (SSSR count). The minimum absolute atomic E-state index is 0.144. The van der Waals surface area contributed by atoms with Gasteiger partial charge in [-0.3, -0.25) is 4.79 Å². The summed E-state index contributed by atoms with van der Waals surface area (Å²) in [6.07, 6.45) is 0.838. The highest BCUT2D eigenvalue weighted by Crippen LogP contribution is 2.17. The quantitative estimate of drug-likeness (QED) is 0.801. The number of nitrogens with zero attached hydrogens (tertiary/aromatic N) is 1. The van der Waals surface area contributed by atoms with Crippen LogP contribution in [0, 0.1) is 5.92 Å². The van der Waals surface area contributed by atoms with Crippen molar-refractivity contribution >= 4 is 5.91 Å². The zero-order valence-corrected chi connectivity index (χ0v) is 13.6. The van der Waals surface area contributed by atoms with E-state index in [1.54, 1.807) is 0 Å². The summed E-state index contributed by atoms with van der Waals surface area (Å²) < 4.78 is 5.62. The van der Waals surface area contributed by atoms with Gasteiger partial charge in [-0.1, -0.05) is 12.1 Å². The molecule has 0 aliphatic rings. The van der Waals surface area contributed by atoms with E-state index >= 15 is 0 Å². The van der Waals surface area contributed by atoms with Crippen molar-refractivity contribution < 1.29 is 9.53 Å². The molecule has 2 N–H and O–H groups in total. The Labute approximate surface area is 128 Å². The fraction of sp³-hybridized carbons (Fsp3) is 0.588. The van der Waals surface area contributed by atoms with Gasteiger partial charge >= 0.3 is 0 Å². The van der Waals surface area contributed by atoms with Crippen molar-refractivity contribution in [1.29, 1.82) is 0 Å². The zero-order valence-electron chi connectivity index (χ0n) is 13.6. The molecule has 21 heavy (non-hydrogen) atoms. The number of carbonyl (C=O) groups excluding carboxylic acids is 1. The largest absolute Gasteiger partial charge is 0.491 e. The van der Waals surface area contributed by atoms with Crippen molar-refractivity contribution in [3.8, 4) is 5.75 Å². The summed E-state index contributed by atoms with van der Waals surface area (Å²) in [5.41, 5.74) is 6.91. The van der Waals surface area contributed by atoms with Crippen molar-refractivity contribution in [1.82, 2.24) is 4.90 Å². The van der Waals surface area contributed by atoms with E-state index in [9.17, 15) is 4.79 Å². The Kier molecular flexibility index (Phi) is 7.23. The van der Waals surface area contributed by atoms with Gasteiger partial charge in [-0.05, 0) is 51.8 Å². The molecule has 1 aromatic rings. The summed E-state index contributed by atoms with van der Waals surface area (Å²) >= 11 is 0. The monoisotopic (exact) mass is 292 g/mol. The van der Waals surface area contributed by atoms with Crippen LogP contribution in [-0.2, 0) is 11.2 Å². The predicted molar refractivity (Wildman–Crippen MR) is 86.4 cm³/mol. The molecule has 0 fully saturated rings. The van der Waals surface area contributed by atoms with E-state index in [2.05, 4.69) is 0 Å². The van der Waals surface area contributed by atoms with Gasteiger partial charge in [0, 0.05) is 19.6 Å². The van der Waals surface area contributed by atoms with E-state index in [-0.39, 0.29) is 17.9 Å². The highest BCUT2D eigenvalue weighted by atomic mass is 16.5. The van der Waals surface area contributed by atoms with Gasteiger partial charge in [0.1, 0.15) is 5.75 Å². The minimum Gasteiger partial charge on any atom is -0.491 e. The van der Waals surface area contributed by atoms with Crippen LogP contribution in [0.1, 0.15) is 33.3 Å². The molecule has 0 radical (unpaired) electrons. The predicted octanol–water partition coefficient (Wildman–Crippen LogP) is 2.46. The van der Waals surface area contributed by atoms with Crippen molar-refractivity contribution in [3.05, 3.63) is 29.8 Å². The van der Waals surface area contributed by atoms with Gasteiger partial charge in [-0.2, -0.15) is 0 Å². The van der Waals surface area contributed by atoms with E-state index in [0.29, 0.717) is 13.0 Å². The average molecular weight is 292 g/mol. The second kappa shape index (κ2) is 8.67. The van der Waals surface area contributed by atoms with Crippen molar-refractivity contribution in [2.24, 2.45) is 11.7 Å². The van der Waals surface area contributed by atoms with Crippen molar-refractivity contribution in [2.75, 3.05) is 19.6 Å². The Morgan fingerprint density at radius 2 is 1.76 bits per heavy atom. The Hall–Kier alpha value is -1.55. The van der Waals surface area contributed by atoms with Gasteiger partial charge in [-0.15, -0.1) is 0 Å². The van der Waals surface area contributed by atoms with Gasteiger partial charge in [-0.25, -0.2) is 0 Å². The Bertz CT molecular complexity index is 425. The van der Waals surface area contributed by atoms with E-state index in [1.807, 2.05) is 56.9 Å². The molecule has 0 saturated heterocycles. The first-order valence-corrected chi connectivity index (χ1v) is 7.76. The van der Waals surface area contributed by atoms with Crippen LogP contribution in [0.3, 0.4) is 0 Å². The smallest absolute Gasteiger partial charge is 0.227 e. The molecule has 4 heteroatoms. The van der Waals surface area contributed by atoms with Crippen LogP contribution in [-0.4, -0.2) is 36.5 Å². The van der Waals surface area contributed by atoms with Crippen molar-refractivity contribution in [3.63, 3.8) is 0 Å². The number of amides is 1. The van der Waals surface area contributed by atoms with Gasteiger partial charge in [0.05, 0.1) is 12.0 Å². The molecule has 0 spiro atoms. The van der Waals surface area contributed by atoms with Crippen LogP contribution in [0.5, 0.6) is 5.75 Å². The summed E-state index contributed by atoms with van der Waals surface area (Å²) in [5, 5.41) is 0. The molecule has 4 nitrogen and oxygen atoms in total. The first-order chi connectivity index (χ1) is 10.0. The maximum Gasteiger partial charge on any atom is 0.227 e. The first-order valence-electron chi connectivity index (χ1n) is 7.76. The molecule has 0 saturated carbocycles. The molecular formula is C17H28N2O2. The number of nitrogens with two attached hydrogens (primary N) is 1. The SMILES string of the molecule is CCN(CC)C(=O)C(CN)Cc1ccc(OC(C)C)cc1. The molecule has 0 aromatic heterocycles. The lowest BCUT2D eigenvalue weighted by Gasteiger charge is -2.24. The number of hydrogen-bond donors (Lipinski definition) is 1. The van der Waals surface area contributed by atoms with Gasteiger partial charge in [0.15, 0.2) is 0 Å². The summed E-state index contributed by atoms with van der Waals surface area (Å²) in [5.74, 6) is 0.847. The molecule has 1 aromatic carbocycles. The van der Waals surface area contributed by atoms with Gasteiger partial charge < -0.3 is 15.4 Å². The summed E-state index contributed by atoms with van der Waals surface area (Å²) in [6, 6.07) is 7.92. The molecule has 0 aliphatic carbocycles. The van der Waals surface area contributed by atoms with Crippen LogP contribution < -0.4 is 10.5 Å². The second-order valence-electron chi connectivity index (χ2n) is 5.46. The Morgan fingerprint density at radius 1 is 1.19 bits per heavy atom. The number of hydrogen-bond acceptors (Lipinski definition) is 3. The fourth-order valence-electron chi connectivity index (χ4n) is 2.33. The maximum atomic E-state index is 12.4. The lowest BCUT2D eigenvalue weighted by atomic mass is 9.98. The fourth-order valence-corrected chi connectivity index (χ4v) is 2.33. The van der Waals surface area contributed by atoms with E-state index in [4.69, 9.17) is 10.5 Å². The maximum absolute atomic E-state index is 12.4. The lowest BCUT2D eigenvalue weighted by molar-refractivity contribution is -0.134. The van der Waals surface area contributed by atoms with E-state index < -0.39 is 0 Å². The van der Waals surface area contributed by atoms with Crippen LogP contribution in [0.4, 0.5) is 0 Å². The van der Waals surface area contributed by atoms with E-state index in [1.165, 1.54) is 0 Å². The topological polar surface area (TPSA) is 55.6 Å². The molecular weight excluding hydrogens is 264 g/mol. The second-order valence-corrected chi connectivity index (χ2v) is 5.46. The number of rotatable bonds is 8. The number of carbonyl (C=O) groups is 1. The Balaban J connectivity index is 2.70. The molecule has 0 heterocycles. The number of ether oxygens (including phenoxy) is 1. The Morgan fingerprint density at radius 3 is 2.19 bits per heavy atom. The molecule has 0 aliphatic heterocycles. The molecule has 1 atom stereocenters. The third-order valence-corrected chi connectivity index (χ3v) is 3.49. The molecule has 118 valence electrons. The van der Waals surface area contributed by atoms with Crippen molar-refractivity contribution in [2.45, 2.75) is 40.2 Å². The van der Waals surface area contributed by atoms with E-state index in [0.717, 1.165) is 24.4 Å². The molecule has 1 unspecified atom stereocenters. The van der Waals surface area contributed by atoms with Crippen LogP contribution >= 0.6 is 0 Å². The minimum atomic E-state index is -0.151. The molecule has 1 amide bonds. The lowest BCUT2D eigenvalue weighted by Crippen LogP contribution is -2.39. The third kappa shape index (κ3) is 5.38. The highest BCUT2D eigenvalue weighted by molar-refractivity contribution is 5.79. The zero-order chi connectivity index (χ0) is 15.8. The average Bonchev–Trinajstić information content (AvgIpc) is 2.47. The summed E-state index contributed by atoms with van der Waals surface area (Å²) in [7, 11) is 0. The highest BCUT2D eigenvalue weighted by Gasteiger charge is 2.21. The van der Waals surface area contributed by atoms with Crippen LogP contribution in [0.2, 0.25) is 0 Å². The summed E-state index contributed by atoms with van der Waals surface area (Å²) in [4.78, 5) is 14.2. The first kappa shape index (κ1) is 17.5. The standard InChI is InChI=1S/C17H28N2O2/c1-5-19(6-2)17(20)15(12-18)11-14-7-9-16(10-8-14)21-13(3)4/h7-10,13,15H,5-6,11-12,18H2,1-4H3. The third-order valence-electron chi connectivity index (χ3n) is 3.49. The molecule has 0 bridgehead atoms.